The number of fused-ring (bicyclic) bond motifs is 4. The first-order valence-corrected chi connectivity index (χ1v) is 13.8. The van der Waals surface area contributed by atoms with Crippen LogP contribution in [0.1, 0.15) is 80.6 Å². The van der Waals surface area contributed by atoms with Crippen molar-refractivity contribution < 1.29 is 39.9 Å². The first-order valence-electron chi connectivity index (χ1n) is 13.8. The Balaban J connectivity index is 1.82. The summed E-state index contributed by atoms with van der Waals surface area (Å²) in [5.74, 6) is -2.72. The molecular weight excluding hydrogens is 488 g/mol. The third kappa shape index (κ3) is 3.66. The van der Waals surface area contributed by atoms with Crippen LogP contribution in [0.15, 0.2) is 22.8 Å². The molecule has 2 fully saturated rings. The number of hydrogen-bond acceptors (Lipinski definition) is 7. The SMILES string of the molecule is C/C(=C\C(O)CC(C)C1CC(=O)C2(C)C3=C(C(=O)C(O)C12C)C1(C)CCC(O)C(C)(C)C1CC3O)C(=O)O. The highest BCUT2D eigenvalue weighted by atomic mass is 16.4. The Morgan fingerprint density at radius 3 is 2.29 bits per heavy atom. The number of Topliss-reactive ketones (excluding diaryl/α,β-unsaturated/α-hetero) is 2. The number of rotatable bonds is 5. The summed E-state index contributed by atoms with van der Waals surface area (Å²) in [4.78, 5) is 39.3. The Bertz CT molecular complexity index is 1120. The van der Waals surface area contributed by atoms with Gasteiger partial charge in [-0.2, -0.15) is 0 Å². The van der Waals surface area contributed by atoms with Gasteiger partial charge < -0.3 is 25.5 Å². The molecule has 2 saturated carbocycles. The average Bonchev–Trinajstić information content (AvgIpc) is 3.03. The second-order valence-corrected chi connectivity index (χ2v) is 13.7. The van der Waals surface area contributed by atoms with E-state index in [4.69, 9.17) is 5.11 Å². The van der Waals surface area contributed by atoms with Crippen molar-refractivity contribution in [3.8, 4) is 0 Å². The summed E-state index contributed by atoms with van der Waals surface area (Å²) in [5, 5.41) is 53.9. The molecule has 0 aliphatic heterocycles. The third-order valence-electron chi connectivity index (χ3n) is 11.6. The number of carboxylic acids is 1. The summed E-state index contributed by atoms with van der Waals surface area (Å²) in [7, 11) is 0. The van der Waals surface area contributed by atoms with E-state index in [1.807, 2.05) is 27.7 Å². The van der Waals surface area contributed by atoms with Gasteiger partial charge >= 0.3 is 5.97 Å². The first-order chi connectivity index (χ1) is 17.4. The first kappa shape index (κ1) is 29.1. The van der Waals surface area contributed by atoms with E-state index in [1.54, 1.807) is 13.8 Å². The van der Waals surface area contributed by atoms with Crippen LogP contribution in [0.5, 0.6) is 0 Å². The summed E-state index contributed by atoms with van der Waals surface area (Å²) >= 11 is 0. The summed E-state index contributed by atoms with van der Waals surface area (Å²) < 4.78 is 0. The minimum Gasteiger partial charge on any atom is -0.478 e. The molecule has 0 aromatic carbocycles. The quantitative estimate of drug-likeness (QED) is 0.339. The maximum atomic E-state index is 14.1. The van der Waals surface area contributed by atoms with Crippen molar-refractivity contribution in [2.75, 3.05) is 0 Å². The van der Waals surface area contributed by atoms with E-state index in [0.29, 0.717) is 30.4 Å². The second kappa shape index (κ2) is 9.08. The van der Waals surface area contributed by atoms with E-state index in [-0.39, 0.29) is 36.0 Å². The molecule has 0 aromatic rings. The standard InChI is InChI=1S/C30H44O8/c1-14(10-16(31)11-15(2)26(37)38)17-12-21(34)30(7)22-18(32)13-19-27(3,4)20(33)8-9-28(19,5)23(22)24(35)25(36)29(17,30)6/h11,14,16-20,25,31-33,36H,8-10,12-13H2,1-7H3,(H,37,38)/b15-11+. The zero-order valence-electron chi connectivity index (χ0n) is 23.6. The molecule has 38 heavy (non-hydrogen) atoms. The van der Waals surface area contributed by atoms with Gasteiger partial charge in [-0.25, -0.2) is 4.79 Å². The van der Waals surface area contributed by atoms with Crippen molar-refractivity contribution in [3.63, 3.8) is 0 Å². The molecule has 4 aliphatic rings. The van der Waals surface area contributed by atoms with Crippen LogP contribution in [0.3, 0.4) is 0 Å². The predicted molar refractivity (Wildman–Crippen MR) is 140 cm³/mol. The Morgan fingerprint density at radius 1 is 1.11 bits per heavy atom. The number of hydrogen-bond donors (Lipinski definition) is 5. The van der Waals surface area contributed by atoms with Crippen LogP contribution in [0.25, 0.3) is 0 Å². The lowest BCUT2D eigenvalue weighted by molar-refractivity contribution is -0.159. The molecule has 4 rings (SSSR count). The molecule has 212 valence electrons. The fraction of sp³-hybridized carbons (Fsp3) is 0.767. The molecule has 10 atom stereocenters. The van der Waals surface area contributed by atoms with Gasteiger partial charge in [-0.1, -0.05) is 34.6 Å². The lowest BCUT2D eigenvalue weighted by Crippen LogP contribution is -2.64. The molecule has 0 spiro atoms. The van der Waals surface area contributed by atoms with Crippen LogP contribution in [-0.2, 0) is 14.4 Å². The molecule has 8 heteroatoms. The summed E-state index contributed by atoms with van der Waals surface area (Å²) in [5.41, 5.74) is -2.93. The van der Waals surface area contributed by atoms with Crippen molar-refractivity contribution in [1.82, 2.24) is 0 Å². The molecule has 10 unspecified atom stereocenters. The maximum absolute atomic E-state index is 14.1. The highest BCUT2D eigenvalue weighted by Crippen LogP contribution is 2.70. The van der Waals surface area contributed by atoms with Crippen molar-refractivity contribution in [1.29, 1.82) is 0 Å². The average molecular weight is 533 g/mol. The number of aliphatic hydroxyl groups is 4. The van der Waals surface area contributed by atoms with E-state index in [2.05, 4.69) is 0 Å². The van der Waals surface area contributed by atoms with Gasteiger partial charge in [-0.3, -0.25) is 9.59 Å². The summed E-state index contributed by atoms with van der Waals surface area (Å²) in [6.07, 6.45) is -1.33. The molecule has 5 N–H and O–H groups in total. The minimum atomic E-state index is -1.48. The van der Waals surface area contributed by atoms with Crippen molar-refractivity contribution >= 4 is 17.5 Å². The van der Waals surface area contributed by atoms with Crippen LogP contribution in [0, 0.1) is 39.4 Å². The van der Waals surface area contributed by atoms with Crippen LogP contribution >= 0.6 is 0 Å². The number of carbonyl (C=O) groups is 3. The van der Waals surface area contributed by atoms with Crippen LogP contribution < -0.4 is 0 Å². The predicted octanol–water partition coefficient (Wildman–Crippen LogP) is 2.81. The van der Waals surface area contributed by atoms with Crippen LogP contribution in [-0.4, -0.2) is 67.5 Å². The van der Waals surface area contributed by atoms with Gasteiger partial charge in [0.15, 0.2) is 5.78 Å². The van der Waals surface area contributed by atoms with E-state index in [1.165, 1.54) is 13.0 Å². The highest BCUT2D eigenvalue weighted by Gasteiger charge is 2.73. The Kier molecular flexibility index (Phi) is 6.96. The van der Waals surface area contributed by atoms with E-state index >= 15 is 0 Å². The third-order valence-corrected chi connectivity index (χ3v) is 11.6. The van der Waals surface area contributed by atoms with Gasteiger partial charge in [0, 0.05) is 23.0 Å². The van der Waals surface area contributed by atoms with Gasteiger partial charge in [0.25, 0.3) is 0 Å². The van der Waals surface area contributed by atoms with Crippen molar-refractivity contribution in [3.05, 3.63) is 22.8 Å². The number of aliphatic carboxylic acids is 1. The van der Waals surface area contributed by atoms with Gasteiger partial charge in [-0.15, -0.1) is 0 Å². The normalized spacial score (nSPS) is 44.3. The molecule has 4 aliphatic carbocycles. The fourth-order valence-corrected chi connectivity index (χ4v) is 9.09. The molecule has 0 radical (unpaired) electrons. The lowest BCUT2D eigenvalue weighted by atomic mass is 9.42. The van der Waals surface area contributed by atoms with Crippen LogP contribution in [0.4, 0.5) is 0 Å². The number of aliphatic hydroxyl groups excluding tert-OH is 4. The maximum Gasteiger partial charge on any atom is 0.331 e. The van der Waals surface area contributed by atoms with Gasteiger partial charge in [0.2, 0.25) is 0 Å². The van der Waals surface area contributed by atoms with Gasteiger partial charge in [0.05, 0.1) is 23.7 Å². The summed E-state index contributed by atoms with van der Waals surface area (Å²) in [6, 6.07) is 0. The largest absolute Gasteiger partial charge is 0.478 e. The monoisotopic (exact) mass is 532 g/mol. The molecule has 8 nitrogen and oxygen atoms in total. The smallest absolute Gasteiger partial charge is 0.331 e. The van der Waals surface area contributed by atoms with Gasteiger partial charge in [0.1, 0.15) is 11.9 Å². The molecule has 0 amide bonds. The second-order valence-electron chi connectivity index (χ2n) is 13.7. The van der Waals surface area contributed by atoms with Crippen LogP contribution in [0.2, 0.25) is 0 Å². The van der Waals surface area contributed by atoms with E-state index in [0.717, 1.165) is 0 Å². The molecule has 0 bridgehead atoms. The topological polar surface area (TPSA) is 152 Å². The van der Waals surface area contributed by atoms with Gasteiger partial charge in [-0.05, 0) is 79.8 Å². The molecular formula is C30H44O8. The highest BCUT2D eigenvalue weighted by molar-refractivity contribution is 6.07. The molecule has 0 saturated heterocycles. The zero-order chi connectivity index (χ0) is 28.7. The number of carboxylic acid groups (broad SMARTS) is 1. The Hall–Kier alpha value is -1.87. The Morgan fingerprint density at radius 2 is 1.71 bits per heavy atom. The summed E-state index contributed by atoms with van der Waals surface area (Å²) in [6.45, 7) is 12.7. The number of carbonyl (C=O) groups excluding carboxylic acids is 2. The molecule has 0 heterocycles. The minimum absolute atomic E-state index is 0.0135. The van der Waals surface area contributed by atoms with E-state index < -0.39 is 63.7 Å². The van der Waals surface area contributed by atoms with Crippen molar-refractivity contribution in [2.24, 2.45) is 39.4 Å². The van der Waals surface area contributed by atoms with E-state index in [9.17, 15) is 34.8 Å². The Labute approximate surface area is 224 Å². The lowest BCUT2D eigenvalue weighted by Gasteiger charge is -2.62. The van der Waals surface area contributed by atoms with Crippen molar-refractivity contribution in [2.45, 2.75) is 105 Å². The zero-order valence-corrected chi connectivity index (χ0v) is 23.6. The number of ketones is 2. The fourth-order valence-electron chi connectivity index (χ4n) is 9.09. The molecule has 0 aromatic heterocycles.